The molecule has 0 fully saturated rings. The molecule has 0 unspecified atom stereocenters. The van der Waals surface area contributed by atoms with E-state index in [1.54, 1.807) is 31.2 Å². The SMILES string of the molecule is Cc1cc(N)ccc1C(=O)Nc1cccc([N+](=O)[O-])c1. The number of aryl methyl sites for hydroxylation is 1. The number of nitrogens with one attached hydrogen (secondary N) is 1. The van der Waals surface area contributed by atoms with Crippen molar-refractivity contribution >= 4 is 23.0 Å². The first-order chi connectivity index (χ1) is 9.47. The van der Waals surface area contributed by atoms with Gasteiger partial charge >= 0.3 is 0 Å². The van der Waals surface area contributed by atoms with E-state index >= 15 is 0 Å². The zero-order valence-electron chi connectivity index (χ0n) is 10.8. The monoisotopic (exact) mass is 271 g/mol. The molecule has 0 aliphatic rings. The van der Waals surface area contributed by atoms with E-state index in [2.05, 4.69) is 5.32 Å². The van der Waals surface area contributed by atoms with Crippen LogP contribution in [0.5, 0.6) is 0 Å². The Hall–Kier alpha value is -2.89. The first-order valence-electron chi connectivity index (χ1n) is 5.89. The van der Waals surface area contributed by atoms with Crippen molar-refractivity contribution in [3.63, 3.8) is 0 Å². The third kappa shape index (κ3) is 2.92. The van der Waals surface area contributed by atoms with Gasteiger partial charge in [0.15, 0.2) is 0 Å². The van der Waals surface area contributed by atoms with Gasteiger partial charge in [-0.25, -0.2) is 0 Å². The van der Waals surface area contributed by atoms with E-state index in [0.717, 1.165) is 5.56 Å². The molecule has 1 amide bonds. The average Bonchev–Trinajstić information content (AvgIpc) is 2.38. The Balaban J connectivity index is 2.23. The van der Waals surface area contributed by atoms with Crippen LogP contribution in [0.4, 0.5) is 17.1 Å². The highest BCUT2D eigenvalue weighted by Gasteiger charge is 2.11. The lowest BCUT2D eigenvalue weighted by Crippen LogP contribution is -2.13. The number of nitrogens with two attached hydrogens (primary N) is 1. The number of benzene rings is 2. The number of nitro benzene ring substituents is 1. The minimum Gasteiger partial charge on any atom is -0.399 e. The molecule has 20 heavy (non-hydrogen) atoms. The Morgan fingerprint density at radius 2 is 2.00 bits per heavy atom. The highest BCUT2D eigenvalue weighted by atomic mass is 16.6. The van der Waals surface area contributed by atoms with Crippen LogP contribution < -0.4 is 11.1 Å². The molecule has 0 radical (unpaired) electrons. The summed E-state index contributed by atoms with van der Waals surface area (Å²) in [5.41, 5.74) is 7.73. The maximum atomic E-state index is 12.1. The molecule has 0 heterocycles. The molecular formula is C14H13N3O3. The molecule has 102 valence electrons. The number of hydrogen-bond donors (Lipinski definition) is 2. The zero-order valence-corrected chi connectivity index (χ0v) is 10.8. The molecule has 0 aliphatic heterocycles. The molecular weight excluding hydrogens is 258 g/mol. The van der Waals surface area contributed by atoms with Gasteiger partial charge in [-0.1, -0.05) is 6.07 Å². The third-order valence-corrected chi connectivity index (χ3v) is 2.81. The van der Waals surface area contributed by atoms with Crippen LogP contribution in [0.2, 0.25) is 0 Å². The van der Waals surface area contributed by atoms with Crippen molar-refractivity contribution in [3.8, 4) is 0 Å². The largest absolute Gasteiger partial charge is 0.399 e. The van der Waals surface area contributed by atoms with E-state index in [1.165, 1.54) is 18.2 Å². The van der Waals surface area contributed by atoms with Crippen molar-refractivity contribution < 1.29 is 9.72 Å². The number of anilines is 2. The number of nitrogens with zero attached hydrogens (tertiary/aromatic N) is 1. The molecule has 6 nitrogen and oxygen atoms in total. The fraction of sp³-hybridized carbons (Fsp3) is 0.0714. The second-order valence-electron chi connectivity index (χ2n) is 4.34. The Morgan fingerprint density at radius 1 is 1.25 bits per heavy atom. The van der Waals surface area contributed by atoms with Gasteiger partial charge < -0.3 is 11.1 Å². The first kappa shape index (κ1) is 13.5. The predicted octanol–water partition coefficient (Wildman–Crippen LogP) is 2.74. The number of nitro groups is 1. The minimum atomic E-state index is -0.510. The predicted molar refractivity (Wildman–Crippen MR) is 76.6 cm³/mol. The smallest absolute Gasteiger partial charge is 0.271 e. The van der Waals surface area contributed by atoms with Gasteiger partial charge in [-0.05, 0) is 36.8 Å². The summed E-state index contributed by atoms with van der Waals surface area (Å²) >= 11 is 0. The van der Waals surface area contributed by atoms with Crippen molar-refractivity contribution in [3.05, 3.63) is 63.7 Å². The summed E-state index contributed by atoms with van der Waals surface area (Å²) in [4.78, 5) is 22.3. The van der Waals surface area contributed by atoms with Crippen LogP contribution in [0.3, 0.4) is 0 Å². The lowest BCUT2D eigenvalue weighted by Gasteiger charge is -2.08. The molecule has 0 bridgehead atoms. The summed E-state index contributed by atoms with van der Waals surface area (Å²) in [6.07, 6.45) is 0. The molecule has 2 aromatic rings. The lowest BCUT2D eigenvalue weighted by atomic mass is 10.1. The van der Waals surface area contributed by atoms with E-state index in [0.29, 0.717) is 16.9 Å². The molecule has 0 aliphatic carbocycles. The molecule has 6 heteroatoms. The maximum absolute atomic E-state index is 12.1. The van der Waals surface area contributed by atoms with Gasteiger partial charge in [-0.2, -0.15) is 0 Å². The molecule has 0 atom stereocenters. The zero-order chi connectivity index (χ0) is 14.7. The number of nitrogen functional groups attached to an aromatic ring is 1. The second-order valence-corrected chi connectivity index (χ2v) is 4.34. The average molecular weight is 271 g/mol. The molecule has 2 rings (SSSR count). The molecule has 3 N–H and O–H groups in total. The van der Waals surface area contributed by atoms with Gasteiger partial charge in [0.2, 0.25) is 0 Å². The molecule has 0 saturated heterocycles. The van der Waals surface area contributed by atoms with Crippen molar-refractivity contribution in [2.75, 3.05) is 11.1 Å². The number of carbonyl (C=O) groups is 1. The van der Waals surface area contributed by atoms with Crippen LogP contribution in [-0.2, 0) is 0 Å². The van der Waals surface area contributed by atoms with E-state index in [-0.39, 0.29) is 11.6 Å². The lowest BCUT2D eigenvalue weighted by molar-refractivity contribution is -0.384. The van der Waals surface area contributed by atoms with E-state index in [1.807, 2.05) is 0 Å². The number of amides is 1. The van der Waals surface area contributed by atoms with Crippen molar-refractivity contribution in [2.45, 2.75) is 6.92 Å². The fourth-order valence-electron chi connectivity index (χ4n) is 1.84. The first-order valence-corrected chi connectivity index (χ1v) is 5.89. The van der Waals surface area contributed by atoms with Gasteiger partial charge in [-0.15, -0.1) is 0 Å². The molecule has 0 saturated carbocycles. The van der Waals surface area contributed by atoms with Crippen LogP contribution in [-0.4, -0.2) is 10.8 Å². The van der Waals surface area contributed by atoms with Crippen LogP contribution in [0, 0.1) is 17.0 Å². The third-order valence-electron chi connectivity index (χ3n) is 2.81. The van der Waals surface area contributed by atoms with Gasteiger partial charge in [0.05, 0.1) is 4.92 Å². The highest BCUT2D eigenvalue weighted by molar-refractivity contribution is 6.05. The van der Waals surface area contributed by atoms with Crippen molar-refractivity contribution in [1.82, 2.24) is 0 Å². The Morgan fingerprint density at radius 3 is 2.65 bits per heavy atom. The van der Waals surface area contributed by atoms with Gasteiger partial charge in [0, 0.05) is 29.1 Å². The minimum absolute atomic E-state index is 0.0724. The van der Waals surface area contributed by atoms with Gasteiger partial charge in [-0.3, -0.25) is 14.9 Å². The van der Waals surface area contributed by atoms with E-state index < -0.39 is 4.92 Å². The summed E-state index contributed by atoms with van der Waals surface area (Å²) in [7, 11) is 0. The molecule has 0 aromatic heterocycles. The highest BCUT2D eigenvalue weighted by Crippen LogP contribution is 2.19. The maximum Gasteiger partial charge on any atom is 0.271 e. The number of hydrogen-bond acceptors (Lipinski definition) is 4. The Kier molecular flexibility index (Phi) is 3.65. The van der Waals surface area contributed by atoms with Crippen LogP contribution in [0.25, 0.3) is 0 Å². The number of non-ortho nitro benzene ring substituents is 1. The summed E-state index contributed by atoms with van der Waals surface area (Å²) in [6.45, 7) is 1.78. The molecule has 2 aromatic carbocycles. The topological polar surface area (TPSA) is 98.3 Å². The quantitative estimate of drug-likeness (QED) is 0.509. The van der Waals surface area contributed by atoms with E-state index in [9.17, 15) is 14.9 Å². The fourth-order valence-corrected chi connectivity index (χ4v) is 1.84. The normalized spacial score (nSPS) is 10.1. The van der Waals surface area contributed by atoms with Crippen molar-refractivity contribution in [1.29, 1.82) is 0 Å². The van der Waals surface area contributed by atoms with Gasteiger partial charge in [0.25, 0.3) is 11.6 Å². The Labute approximate surface area is 115 Å². The Bertz CT molecular complexity index is 683. The van der Waals surface area contributed by atoms with E-state index in [4.69, 9.17) is 5.73 Å². The standard InChI is InChI=1S/C14H13N3O3/c1-9-7-10(15)5-6-13(9)14(18)16-11-3-2-4-12(8-11)17(19)20/h2-8H,15H2,1H3,(H,16,18). The number of carbonyl (C=O) groups excluding carboxylic acids is 1. The van der Waals surface area contributed by atoms with Crippen LogP contribution >= 0.6 is 0 Å². The second kappa shape index (κ2) is 5.40. The summed E-state index contributed by atoms with van der Waals surface area (Å²) < 4.78 is 0. The van der Waals surface area contributed by atoms with Crippen LogP contribution in [0.1, 0.15) is 15.9 Å². The van der Waals surface area contributed by atoms with Crippen LogP contribution in [0.15, 0.2) is 42.5 Å². The molecule has 0 spiro atoms. The summed E-state index contributed by atoms with van der Waals surface area (Å²) in [5, 5.41) is 13.3. The summed E-state index contributed by atoms with van der Waals surface area (Å²) in [5.74, 6) is -0.331. The summed E-state index contributed by atoms with van der Waals surface area (Å²) in [6, 6.07) is 10.7. The van der Waals surface area contributed by atoms with Crippen molar-refractivity contribution in [2.24, 2.45) is 0 Å². The van der Waals surface area contributed by atoms with Gasteiger partial charge in [0.1, 0.15) is 0 Å². The number of rotatable bonds is 3.